The number of aromatic nitrogens is 3. The third-order valence-corrected chi connectivity index (χ3v) is 4.17. The number of amides is 1. The molecular weight excluding hydrogens is 278 g/mol. The zero-order valence-electron chi connectivity index (χ0n) is 12.8. The zero-order valence-corrected chi connectivity index (χ0v) is 12.8. The maximum atomic E-state index is 12.7. The molecular formula is C16H17N5O. The molecule has 3 rings (SSSR count). The van der Waals surface area contributed by atoms with E-state index in [4.69, 9.17) is 5.26 Å². The smallest absolute Gasteiger partial charge is 0.234 e. The average molecular weight is 295 g/mol. The van der Waals surface area contributed by atoms with Gasteiger partial charge in [-0.3, -0.25) is 9.48 Å². The zero-order chi connectivity index (χ0) is 16.0. The van der Waals surface area contributed by atoms with Gasteiger partial charge in [-0.05, 0) is 38.5 Å². The second-order valence-corrected chi connectivity index (χ2v) is 6.32. The van der Waals surface area contributed by atoms with Gasteiger partial charge in [0.1, 0.15) is 17.2 Å². The van der Waals surface area contributed by atoms with E-state index in [1.54, 1.807) is 16.9 Å². The highest BCUT2D eigenvalue weighted by molar-refractivity contribution is 5.90. The summed E-state index contributed by atoms with van der Waals surface area (Å²) in [5.41, 5.74) is 0.508. The molecule has 1 atom stereocenters. The molecule has 1 aliphatic heterocycles. The summed E-state index contributed by atoms with van der Waals surface area (Å²) >= 11 is 0. The van der Waals surface area contributed by atoms with Gasteiger partial charge in [-0.15, -0.1) is 0 Å². The highest BCUT2D eigenvalue weighted by atomic mass is 16.2. The van der Waals surface area contributed by atoms with Crippen LogP contribution >= 0.6 is 0 Å². The molecule has 1 aliphatic rings. The standard InChI is InChI=1S/C16H17N5O/c1-15(2)12-6-5-11(9-17)19-13(12)16(3,14(22)20-15)10-21-8-4-7-18-21/h4-8H,10H2,1-3H3,(H,20,22). The Morgan fingerprint density at radius 1 is 1.36 bits per heavy atom. The molecule has 1 amide bonds. The van der Waals surface area contributed by atoms with Crippen molar-refractivity contribution in [2.75, 3.05) is 0 Å². The third kappa shape index (κ3) is 2.06. The number of nitriles is 1. The van der Waals surface area contributed by atoms with Crippen LogP contribution in [-0.4, -0.2) is 20.7 Å². The van der Waals surface area contributed by atoms with Crippen LogP contribution in [0.3, 0.4) is 0 Å². The van der Waals surface area contributed by atoms with Crippen molar-refractivity contribution in [1.82, 2.24) is 20.1 Å². The van der Waals surface area contributed by atoms with E-state index in [9.17, 15) is 4.79 Å². The summed E-state index contributed by atoms with van der Waals surface area (Å²) in [7, 11) is 0. The second kappa shape index (κ2) is 4.67. The lowest BCUT2D eigenvalue weighted by Crippen LogP contribution is -2.57. The fourth-order valence-electron chi connectivity index (χ4n) is 2.91. The maximum absolute atomic E-state index is 12.7. The van der Waals surface area contributed by atoms with E-state index in [-0.39, 0.29) is 5.91 Å². The third-order valence-electron chi connectivity index (χ3n) is 4.17. The Bertz CT molecular complexity index is 772. The Morgan fingerprint density at radius 2 is 2.14 bits per heavy atom. The number of nitrogens with zero attached hydrogens (tertiary/aromatic N) is 4. The van der Waals surface area contributed by atoms with Gasteiger partial charge in [0.05, 0.1) is 17.8 Å². The van der Waals surface area contributed by atoms with Crippen molar-refractivity contribution < 1.29 is 4.79 Å². The number of carbonyl (C=O) groups excluding carboxylic acids is 1. The predicted molar refractivity (Wildman–Crippen MR) is 79.7 cm³/mol. The van der Waals surface area contributed by atoms with Crippen LogP contribution < -0.4 is 5.32 Å². The second-order valence-electron chi connectivity index (χ2n) is 6.32. The molecule has 2 aromatic rings. The number of nitrogens with one attached hydrogen (secondary N) is 1. The van der Waals surface area contributed by atoms with Crippen molar-refractivity contribution >= 4 is 5.91 Å². The Balaban J connectivity index is 2.19. The summed E-state index contributed by atoms with van der Waals surface area (Å²) in [6, 6.07) is 7.43. The molecule has 0 aromatic carbocycles. The lowest BCUT2D eigenvalue weighted by atomic mass is 9.73. The molecule has 1 N–H and O–H groups in total. The lowest BCUT2D eigenvalue weighted by Gasteiger charge is -2.42. The van der Waals surface area contributed by atoms with E-state index in [1.807, 2.05) is 39.1 Å². The summed E-state index contributed by atoms with van der Waals surface area (Å²) in [6.45, 7) is 6.08. The quantitative estimate of drug-likeness (QED) is 0.909. The van der Waals surface area contributed by atoms with Gasteiger partial charge >= 0.3 is 0 Å². The first-order chi connectivity index (χ1) is 10.4. The van der Waals surface area contributed by atoms with Gasteiger partial charge in [-0.1, -0.05) is 6.07 Å². The molecule has 0 saturated heterocycles. The molecule has 1 unspecified atom stereocenters. The summed E-state index contributed by atoms with van der Waals surface area (Å²) in [6.07, 6.45) is 3.49. The van der Waals surface area contributed by atoms with E-state index >= 15 is 0 Å². The first kappa shape index (κ1) is 14.3. The monoisotopic (exact) mass is 295 g/mol. The molecule has 0 spiro atoms. The van der Waals surface area contributed by atoms with Gasteiger partial charge in [0.15, 0.2) is 0 Å². The van der Waals surface area contributed by atoms with Gasteiger partial charge in [0.2, 0.25) is 5.91 Å². The number of hydrogen-bond acceptors (Lipinski definition) is 4. The normalized spacial score (nSPS) is 22.5. The molecule has 22 heavy (non-hydrogen) atoms. The summed E-state index contributed by atoms with van der Waals surface area (Å²) in [5.74, 6) is -0.108. The molecule has 2 aromatic heterocycles. The van der Waals surface area contributed by atoms with Gasteiger partial charge in [-0.25, -0.2) is 4.98 Å². The van der Waals surface area contributed by atoms with Gasteiger partial charge in [0.25, 0.3) is 0 Å². The summed E-state index contributed by atoms with van der Waals surface area (Å²) in [5, 5.41) is 16.4. The van der Waals surface area contributed by atoms with Gasteiger partial charge in [-0.2, -0.15) is 10.4 Å². The molecule has 0 radical (unpaired) electrons. The van der Waals surface area contributed by atoms with Crippen LogP contribution in [0.5, 0.6) is 0 Å². The van der Waals surface area contributed by atoms with Crippen LogP contribution in [0.25, 0.3) is 0 Å². The molecule has 3 heterocycles. The van der Waals surface area contributed by atoms with Crippen LogP contribution in [0.2, 0.25) is 0 Å². The number of hydrogen-bond donors (Lipinski definition) is 1. The molecule has 6 nitrogen and oxygen atoms in total. The van der Waals surface area contributed by atoms with Crippen molar-refractivity contribution in [2.45, 2.75) is 38.3 Å². The molecule has 6 heteroatoms. The first-order valence-electron chi connectivity index (χ1n) is 7.09. The van der Waals surface area contributed by atoms with E-state index in [0.29, 0.717) is 17.9 Å². The largest absolute Gasteiger partial charge is 0.346 e. The number of pyridine rings is 1. The summed E-state index contributed by atoms with van der Waals surface area (Å²) < 4.78 is 1.71. The van der Waals surface area contributed by atoms with Crippen molar-refractivity contribution in [1.29, 1.82) is 5.26 Å². The number of rotatable bonds is 2. The van der Waals surface area contributed by atoms with Crippen LogP contribution in [0, 0.1) is 11.3 Å². The van der Waals surface area contributed by atoms with Gasteiger partial charge < -0.3 is 5.32 Å². The van der Waals surface area contributed by atoms with Crippen molar-refractivity contribution in [3.63, 3.8) is 0 Å². The molecule has 0 saturated carbocycles. The maximum Gasteiger partial charge on any atom is 0.234 e. The molecule has 112 valence electrons. The minimum absolute atomic E-state index is 0.108. The van der Waals surface area contributed by atoms with E-state index in [2.05, 4.69) is 21.5 Å². The number of fused-ring (bicyclic) bond motifs is 1. The Labute approximate surface area is 128 Å². The van der Waals surface area contributed by atoms with E-state index < -0.39 is 11.0 Å². The Kier molecular flexibility index (Phi) is 3.03. The first-order valence-corrected chi connectivity index (χ1v) is 7.09. The van der Waals surface area contributed by atoms with Crippen molar-refractivity contribution in [2.24, 2.45) is 0 Å². The van der Waals surface area contributed by atoms with Crippen molar-refractivity contribution in [3.05, 3.63) is 47.5 Å². The van der Waals surface area contributed by atoms with Crippen LogP contribution in [0.4, 0.5) is 0 Å². The van der Waals surface area contributed by atoms with E-state index in [0.717, 1.165) is 5.56 Å². The topological polar surface area (TPSA) is 83.6 Å². The fourth-order valence-corrected chi connectivity index (χ4v) is 2.91. The van der Waals surface area contributed by atoms with Crippen molar-refractivity contribution in [3.8, 4) is 6.07 Å². The molecule has 0 bridgehead atoms. The Hall–Kier alpha value is -2.68. The molecule has 0 fully saturated rings. The van der Waals surface area contributed by atoms with Crippen LogP contribution in [0.15, 0.2) is 30.6 Å². The lowest BCUT2D eigenvalue weighted by molar-refractivity contribution is -0.130. The minimum atomic E-state index is -0.871. The highest BCUT2D eigenvalue weighted by Gasteiger charge is 2.47. The SMILES string of the molecule is CC1(C)NC(=O)C(C)(Cn2cccn2)c2nc(C#N)ccc21. The Morgan fingerprint density at radius 3 is 2.77 bits per heavy atom. The molecule has 0 aliphatic carbocycles. The average Bonchev–Trinajstić information content (AvgIpc) is 2.97. The van der Waals surface area contributed by atoms with E-state index in [1.165, 1.54) is 0 Å². The van der Waals surface area contributed by atoms with Crippen LogP contribution in [0.1, 0.15) is 37.7 Å². The van der Waals surface area contributed by atoms with Crippen LogP contribution in [-0.2, 0) is 22.3 Å². The predicted octanol–water partition coefficient (Wildman–Crippen LogP) is 1.47. The summed E-state index contributed by atoms with van der Waals surface area (Å²) in [4.78, 5) is 17.2. The minimum Gasteiger partial charge on any atom is -0.346 e. The highest BCUT2D eigenvalue weighted by Crippen LogP contribution is 2.38. The fraction of sp³-hybridized carbons (Fsp3) is 0.375. The number of carbonyl (C=O) groups is 1. The van der Waals surface area contributed by atoms with Gasteiger partial charge in [0, 0.05) is 12.4 Å².